The Kier molecular flexibility index (Phi) is 4.21. The minimum Gasteiger partial charge on any atom is -0.352 e. The number of benzene rings is 1. The van der Waals surface area contributed by atoms with Crippen molar-refractivity contribution in [2.75, 3.05) is 13.1 Å². The minimum absolute atomic E-state index is 0.153. The van der Waals surface area contributed by atoms with Gasteiger partial charge in [0.25, 0.3) is 0 Å². The van der Waals surface area contributed by atoms with Crippen LogP contribution in [0, 0.1) is 11.3 Å². The van der Waals surface area contributed by atoms with Crippen LogP contribution in [0.3, 0.4) is 0 Å². The molecule has 2 aliphatic heterocycles. The van der Waals surface area contributed by atoms with Crippen molar-refractivity contribution < 1.29 is 4.79 Å². The molecule has 1 aromatic carbocycles. The lowest BCUT2D eigenvalue weighted by Gasteiger charge is -2.35. The second-order valence-electron chi connectivity index (χ2n) is 6.03. The number of rotatable bonds is 3. The molecule has 0 saturated carbocycles. The number of fused-ring (bicyclic) bond motifs is 1. The fourth-order valence-electron chi connectivity index (χ4n) is 3.57. The van der Waals surface area contributed by atoms with Gasteiger partial charge >= 0.3 is 0 Å². The van der Waals surface area contributed by atoms with Gasteiger partial charge in [-0.25, -0.2) is 0 Å². The number of amides is 1. The lowest BCUT2D eigenvalue weighted by atomic mass is 9.95. The van der Waals surface area contributed by atoms with Crippen molar-refractivity contribution >= 4 is 5.91 Å². The summed E-state index contributed by atoms with van der Waals surface area (Å²) in [4.78, 5) is 14.9. The van der Waals surface area contributed by atoms with Crippen LogP contribution in [0.15, 0.2) is 30.3 Å². The summed E-state index contributed by atoms with van der Waals surface area (Å²) >= 11 is 0. The van der Waals surface area contributed by atoms with Gasteiger partial charge in [-0.1, -0.05) is 30.3 Å². The summed E-state index contributed by atoms with van der Waals surface area (Å²) in [6.07, 6.45) is 4.54. The van der Waals surface area contributed by atoms with E-state index in [1.807, 2.05) is 30.3 Å². The van der Waals surface area contributed by atoms with Gasteiger partial charge in [-0.15, -0.1) is 0 Å². The van der Waals surface area contributed by atoms with Gasteiger partial charge in [-0.3, -0.25) is 4.79 Å². The topological polar surface area (TPSA) is 56.1 Å². The van der Waals surface area contributed by atoms with E-state index in [1.54, 1.807) is 0 Å². The molecule has 0 aliphatic carbocycles. The van der Waals surface area contributed by atoms with Crippen molar-refractivity contribution in [1.29, 1.82) is 5.26 Å². The monoisotopic (exact) mass is 283 g/mol. The molecule has 110 valence electrons. The summed E-state index contributed by atoms with van der Waals surface area (Å²) in [7, 11) is 0. The van der Waals surface area contributed by atoms with Crippen molar-refractivity contribution in [3.63, 3.8) is 0 Å². The average Bonchev–Trinajstić information content (AvgIpc) is 2.96. The summed E-state index contributed by atoms with van der Waals surface area (Å²) in [5.74, 6) is -0.854. The number of hydrogen-bond donors (Lipinski definition) is 1. The Morgan fingerprint density at radius 1 is 1.29 bits per heavy atom. The maximum atomic E-state index is 12.4. The predicted molar refractivity (Wildman–Crippen MR) is 80.6 cm³/mol. The molecule has 4 heteroatoms. The van der Waals surface area contributed by atoms with Gasteiger partial charge in [0, 0.05) is 18.6 Å². The van der Waals surface area contributed by atoms with Gasteiger partial charge in [0.05, 0.1) is 6.07 Å². The van der Waals surface area contributed by atoms with Gasteiger partial charge in [-0.2, -0.15) is 5.26 Å². The van der Waals surface area contributed by atoms with E-state index in [0.29, 0.717) is 6.04 Å². The molecule has 0 bridgehead atoms. The average molecular weight is 283 g/mol. The van der Waals surface area contributed by atoms with Gasteiger partial charge in [0.15, 0.2) is 0 Å². The summed E-state index contributed by atoms with van der Waals surface area (Å²) < 4.78 is 0. The Morgan fingerprint density at radius 3 is 2.86 bits per heavy atom. The van der Waals surface area contributed by atoms with Crippen molar-refractivity contribution in [3.8, 4) is 6.07 Å². The van der Waals surface area contributed by atoms with E-state index in [9.17, 15) is 10.1 Å². The SMILES string of the molecule is N#CC(C(=O)NC1CCN2CCCC2C1)c1ccccc1. The molecule has 2 aliphatic rings. The number of carbonyl (C=O) groups is 1. The van der Waals surface area contributed by atoms with Gasteiger partial charge < -0.3 is 10.2 Å². The third-order valence-corrected chi connectivity index (χ3v) is 4.69. The van der Waals surface area contributed by atoms with Crippen LogP contribution in [0.1, 0.15) is 37.2 Å². The molecule has 2 fully saturated rings. The normalized spacial score (nSPS) is 26.6. The first kappa shape index (κ1) is 14.1. The van der Waals surface area contributed by atoms with Crippen LogP contribution in [0.4, 0.5) is 0 Å². The number of hydrogen-bond acceptors (Lipinski definition) is 3. The van der Waals surface area contributed by atoms with Crippen LogP contribution in [-0.2, 0) is 4.79 Å². The van der Waals surface area contributed by atoms with Crippen molar-refractivity contribution in [2.24, 2.45) is 0 Å². The molecule has 0 aromatic heterocycles. The highest BCUT2D eigenvalue weighted by Crippen LogP contribution is 2.27. The molecule has 3 unspecified atom stereocenters. The number of nitrogens with zero attached hydrogens (tertiary/aromatic N) is 2. The minimum atomic E-state index is -0.701. The van der Waals surface area contributed by atoms with Crippen molar-refractivity contribution in [1.82, 2.24) is 10.2 Å². The highest BCUT2D eigenvalue weighted by molar-refractivity contribution is 5.86. The first-order chi connectivity index (χ1) is 10.3. The zero-order valence-electron chi connectivity index (χ0n) is 12.2. The summed E-state index contributed by atoms with van der Waals surface area (Å²) in [6.45, 7) is 2.27. The Labute approximate surface area is 125 Å². The molecule has 3 atom stereocenters. The fourth-order valence-corrected chi connectivity index (χ4v) is 3.57. The molecule has 1 N–H and O–H groups in total. The molecule has 4 nitrogen and oxygen atoms in total. The van der Waals surface area contributed by atoms with Crippen LogP contribution in [-0.4, -0.2) is 36.0 Å². The smallest absolute Gasteiger partial charge is 0.242 e. The van der Waals surface area contributed by atoms with Crippen LogP contribution in [0.5, 0.6) is 0 Å². The largest absolute Gasteiger partial charge is 0.352 e. The van der Waals surface area contributed by atoms with Crippen LogP contribution in [0.2, 0.25) is 0 Å². The van der Waals surface area contributed by atoms with Crippen molar-refractivity contribution in [3.05, 3.63) is 35.9 Å². The highest BCUT2D eigenvalue weighted by Gasteiger charge is 2.33. The predicted octanol–water partition coefficient (Wildman–Crippen LogP) is 2.04. The fraction of sp³-hybridized carbons (Fsp3) is 0.529. The van der Waals surface area contributed by atoms with Crippen LogP contribution >= 0.6 is 0 Å². The lowest BCUT2D eigenvalue weighted by Crippen LogP contribution is -2.48. The van der Waals surface area contributed by atoms with E-state index in [-0.39, 0.29) is 11.9 Å². The maximum Gasteiger partial charge on any atom is 0.242 e. The van der Waals surface area contributed by atoms with E-state index in [0.717, 1.165) is 24.9 Å². The van der Waals surface area contributed by atoms with Crippen molar-refractivity contribution in [2.45, 2.75) is 43.7 Å². The first-order valence-electron chi connectivity index (χ1n) is 7.77. The maximum absolute atomic E-state index is 12.4. The highest BCUT2D eigenvalue weighted by atomic mass is 16.1. The standard InChI is InChI=1S/C17H21N3O/c18-12-16(13-5-2-1-3-6-13)17(21)19-14-8-10-20-9-4-7-15(20)11-14/h1-3,5-6,14-16H,4,7-11H2,(H,19,21). The third kappa shape index (κ3) is 3.08. The molecule has 1 aromatic rings. The molecule has 0 spiro atoms. The van der Waals surface area contributed by atoms with E-state index in [1.165, 1.54) is 19.4 Å². The Bertz CT molecular complexity index is 537. The van der Waals surface area contributed by atoms with Gasteiger partial charge in [0.1, 0.15) is 5.92 Å². The van der Waals surface area contributed by atoms with Crippen LogP contribution < -0.4 is 5.32 Å². The molecule has 2 saturated heterocycles. The number of carbonyl (C=O) groups excluding carboxylic acids is 1. The Morgan fingerprint density at radius 2 is 2.10 bits per heavy atom. The molecule has 3 rings (SSSR count). The second-order valence-corrected chi connectivity index (χ2v) is 6.03. The first-order valence-corrected chi connectivity index (χ1v) is 7.77. The lowest BCUT2D eigenvalue weighted by molar-refractivity contribution is -0.122. The summed E-state index contributed by atoms with van der Waals surface area (Å²) in [5.41, 5.74) is 0.774. The molecule has 2 heterocycles. The zero-order chi connectivity index (χ0) is 14.7. The van der Waals surface area contributed by atoms with E-state index in [4.69, 9.17) is 0 Å². The van der Waals surface area contributed by atoms with Crippen LogP contribution in [0.25, 0.3) is 0 Å². The quantitative estimate of drug-likeness (QED) is 0.923. The molecule has 1 amide bonds. The van der Waals surface area contributed by atoms with E-state index >= 15 is 0 Å². The molecule has 21 heavy (non-hydrogen) atoms. The van der Waals surface area contributed by atoms with E-state index in [2.05, 4.69) is 16.3 Å². The van der Waals surface area contributed by atoms with Gasteiger partial charge in [-0.05, 0) is 37.8 Å². The number of piperidine rings is 1. The molecule has 0 radical (unpaired) electrons. The van der Waals surface area contributed by atoms with Gasteiger partial charge in [0.2, 0.25) is 5.91 Å². The Balaban J connectivity index is 1.62. The summed E-state index contributed by atoms with van der Waals surface area (Å²) in [6, 6.07) is 12.3. The zero-order valence-corrected chi connectivity index (χ0v) is 12.2. The molecular weight excluding hydrogens is 262 g/mol. The number of nitriles is 1. The molecular formula is C17H21N3O. The third-order valence-electron chi connectivity index (χ3n) is 4.69. The number of nitrogens with one attached hydrogen (secondary N) is 1. The van der Waals surface area contributed by atoms with E-state index < -0.39 is 5.92 Å². The Hall–Kier alpha value is -1.86. The summed E-state index contributed by atoms with van der Waals surface area (Å²) in [5, 5.41) is 12.4. The second kappa shape index (κ2) is 6.28.